The zero-order valence-corrected chi connectivity index (χ0v) is 14.3. The fourth-order valence-corrected chi connectivity index (χ4v) is 5.31. The molecule has 4 aliphatic rings. The van der Waals surface area contributed by atoms with Crippen LogP contribution in [0.5, 0.6) is 5.75 Å². The average molecular weight is 335 g/mol. The Morgan fingerprint density at radius 2 is 1.48 bits per heavy atom. The zero-order chi connectivity index (χ0) is 17.1. The summed E-state index contributed by atoms with van der Waals surface area (Å²) in [6.45, 7) is 0. The molecule has 2 amide bonds. The molecule has 2 bridgehead atoms. The summed E-state index contributed by atoms with van der Waals surface area (Å²) in [4.78, 5) is 27.6. The average Bonchev–Trinajstić information content (AvgIpc) is 3.38. The van der Waals surface area contributed by atoms with Crippen molar-refractivity contribution in [2.45, 2.75) is 25.7 Å². The Morgan fingerprint density at radius 1 is 0.920 bits per heavy atom. The number of methoxy groups -OCH3 is 1. The Bertz CT molecular complexity index is 778. The molecule has 0 unspecified atom stereocenters. The minimum atomic E-state index is -0.201. The molecule has 1 saturated heterocycles. The summed E-state index contributed by atoms with van der Waals surface area (Å²) in [6, 6.07) is 7.17. The fourth-order valence-electron chi connectivity index (χ4n) is 5.31. The SMILES string of the molecule is COc1ccc(N2C(=O)[C@@H]3[C@H](C2=O)[C@H]2C=C[C@@H]3C2=C2CCCC2)cc1. The molecular formula is C21H21NO3. The Labute approximate surface area is 147 Å². The predicted molar refractivity (Wildman–Crippen MR) is 94.1 cm³/mol. The van der Waals surface area contributed by atoms with Crippen molar-refractivity contribution in [3.05, 3.63) is 47.6 Å². The third kappa shape index (κ3) is 1.94. The van der Waals surface area contributed by atoms with Crippen molar-refractivity contribution in [3.63, 3.8) is 0 Å². The van der Waals surface area contributed by atoms with E-state index in [0.717, 1.165) is 18.6 Å². The van der Waals surface area contributed by atoms with E-state index in [4.69, 9.17) is 4.74 Å². The van der Waals surface area contributed by atoms with Crippen LogP contribution in [0.2, 0.25) is 0 Å². The van der Waals surface area contributed by atoms with E-state index < -0.39 is 0 Å². The first-order valence-electron chi connectivity index (χ1n) is 9.12. The molecule has 1 aromatic carbocycles. The smallest absolute Gasteiger partial charge is 0.238 e. The van der Waals surface area contributed by atoms with Gasteiger partial charge in [0.1, 0.15) is 5.75 Å². The molecule has 4 atom stereocenters. The van der Waals surface area contributed by atoms with E-state index in [1.165, 1.54) is 28.9 Å². The van der Waals surface area contributed by atoms with E-state index in [2.05, 4.69) is 12.2 Å². The lowest BCUT2D eigenvalue weighted by Crippen LogP contribution is -2.33. The van der Waals surface area contributed by atoms with Gasteiger partial charge in [-0.3, -0.25) is 9.59 Å². The van der Waals surface area contributed by atoms with Crippen molar-refractivity contribution in [3.8, 4) is 5.75 Å². The third-order valence-electron chi connectivity index (χ3n) is 6.36. The number of anilines is 1. The summed E-state index contributed by atoms with van der Waals surface area (Å²) in [5.74, 6) is 0.533. The molecule has 1 heterocycles. The standard InChI is InChI=1S/C21H21NO3/c1-25-14-8-6-13(7-9-14)22-20(23)18-15-10-11-16(19(18)21(22)24)17(15)12-4-2-3-5-12/h6-11,15-16,18-19H,2-5H2,1H3/t15-,16+,18+,19-. The molecule has 2 saturated carbocycles. The van der Waals surface area contributed by atoms with Crippen molar-refractivity contribution in [2.24, 2.45) is 23.7 Å². The Morgan fingerprint density at radius 3 is 2.00 bits per heavy atom. The van der Waals surface area contributed by atoms with Gasteiger partial charge in [-0.15, -0.1) is 0 Å². The molecule has 3 aliphatic carbocycles. The molecule has 5 rings (SSSR count). The van der Waals surface area contributed by atoms with E-state index in [9.17, 15) is 9.59 Å². The maximum absolute atomic E-state index is 13.1. The van der Waals surface area contributed by atoms with Gasteiger partial charge in [0.2, 0.25) is 11.8 Å². The normalized spacial score (nSPS) is 32.9. The topological polar surface area (TPSA) is 46.6 Å². The highest BCUT2D eigenvalue weighted by Gasteiger charge is 2.62. The van der Waals surface area contributed by atoms with Crippen molar-refractivity contribution in [1.82, 2.24) is 0 Å². The lowest BCUT2D eigenvalue weighted by molar-refractivity contribution is -0.122. The molecule has 1 aliphatic heterocycles. The van der Waals surface area contributed by atoms with Gasteiger partial charge in [0.25, 0.3) is 0 Å². The van der Waals surface area contributed by atoms with Crippen molar-refractivity contribution >= 4 is 17.5 Å². The summed E-state index contributed by atoms with van der Waals surface area (Å²) in [5, 5.41) is 0. The van der Waals surface area contributed by atoms with Gasteiger partial charge in [-0.1, -0.05) is 23.3 Å². The number of ether oxygens (including phenoxy) is 1. The second-order valence-electron chi connectivity index (χ2n) is 7.46. The van der Waals surface area contributed by atoms with Gasteiger partial charge >= 0.3 is 0 Å². The number of benzene rings is 1. The first-order chi connectivity index (χ1) is 12.2. The molecule has 0 radical (unpaired) electrons. The number of nitrogens with zero attached hydrogens (tertiary/aromatic N) is 1. The van der Waals surface area contributed by atoms with Gasteiger partial charge in [-0.05, 0) is 49.9 Å². The quantitative estimate of drug-likeness (QED) is 0.614. The van der Waals surface area contributed by atoms with Crippen LogP contribution in [-0.2, 0) is 9.59 Å². The second-order valence-corrected chi connectivity index (χ2v) is 7.46. The van der Waals surface area contributed by atoms with Crippen LogP contribution in [0.15, 0.2) is 47.6 Å². The zero-order valence-electron chi connectivity index (χ0n) is 14.3. The van der Waals surface area contributed by atoms with Gasteiger partial charge in [0, 0.05) is 11.8 Å². The lowest BCUT2D eigenvalue weighted by Gasteiger charge is -2.20. The molecule has 0 aromatic heterocycles. The number of rotatable bonds is 2. The van der Waals surface area contributed by atoms with Crippen LogP contribution in [0.3, 0.4) is 0 Å². The van der Waals surface area contributed by atoms with Crippen molar-refractivity contribution < 1.29 is 14.3 Å². The minimum absolute atomic E-state index is 0.0342. The van der Waals surface area contributed by atoms with E-state index >= 15 is 0 Å². The van der Waals surface area contributed by atoms with E-state index in [-0.39, 0.29) is 35.5 Å². The first kappa shape index (κ1) is 14.9. The third-order valence-corrected chi connectivity index (χ3v) is 6.36. The minimum Gasteiger partial charge on any atom is -0.497 e. The molecule has 3 fully saturated rings. The molecule has 0 spiro atoms. The van der Waals surface area contributed by atoms with Crippen LogP contribution in [0.1, 0.15) is 25.7 Å². The summed E-state index contributed by atoms with van der Waals surface area (Å²) in [5.41, 5.74) is 3.58. The Hall–Kier alpha value is -2.36. The van der Waals surface area contributed by atoms with Crippen molar-refractivity contribution in [1.29, 1.82) is 0 Å². The van der Waals surface area contributed by atoms with Crippen LogP contribution < -0.4 is 9.64 Å². The number of hydrogen-bond acceptors (Lipinski definition) is 3. The molecular weight excluding hydrogens is 314 g/mol. The van der Waals surface area contributed by atoms with Crippen LogP contribution in [0, 0.1) is 23.7 Å². The Kier molecular flexibility index (Phi) is 3.18. The molecule has 1 aromatic rings. The number of imide groups is 1. The fraction of sp³-hybridized carbons (Fsp3) is 0.429. The van der Waals surface area contributed by atoms with Gasteiger partial charge < -0.3 is 4.74 Å². The summed E-state index contributed by atoms with van der Waals surface area (Å²) in [7, 11) is 1.60. The van der Waals surface area contributed by atoms with Crippen LogP contribution in [-0.4, -0.2) is 18.9 Å². The lowest BCUT2D eigenvalue weighted by atomic mass is 9.85. The van der Waals surface area contributed by atoms with Crippen LogP contribution in [0.25, 0.3) is 0 Å². The largest absolute Gasteiger partial charge is 0.497 e. The number of amides is 2. The summed E-state index contributed by atoms with van der Waals surface area (Å²) < 4.78 is 5.17. The molecule has 4 nitrogen and oxygen atoms in total. The highest BCUT2D eigenvalue weighted by Crippen LogP contribution is 2.58. The molecule has 0 N–H and O–H groups in total. The highest BCUT2D eigenvalue weighted by molar-refractivity contribution is 6.23. The van der Waals surface area contributed by atoms with Crippen LogP contribution >= 0.6 is 0 Å². The number of fused-ring (bicyclic) bond motifs is 5. The maximum atomic E-state index is 13.1. The van der Waals surface area contributed by atoms with Gasteiger partial charge in [0.15, 0.2) is 0 Å². The molecule has 128 valence electrons. The van der Waals surface area contributed by atoms with Crippen LogP contribution in [0.4, 0.5) is 5.69 Å². The first-order valence-corrected chi connectivity index (χ1v) is 9.12. The summed E-state index contributed by atoms with van der Waals surface area (Å²) in [6.07, 6.45) is 9.13. The molecule has 25 heavy (non-hydrogen) atoms. The number of hydrogen-bond donors (Lipinski definition) is 0. The second kappa shape index (κ2) is 5.32. The van der Waals surface area contributed by atoms with E-state index in [0.29, 0.717) is 5.69 Å². The van der Waals surface area contributed by atoms with Gasteiger partial charge in [-0.2, -0.15) is 0 Å². The monoisotopic (exact) mass is 335 g/mol. The summed E-state index contributed by atoms with van der Waals surface area (Å²) >= 11 is 0. The van der Waals surface area contributed by atoms with Gasteiger partial charge in [-0.25, -0.2) is 4.90 Å². The Balaban J connectivity index is 1.51. The number of carbonyl (C=O) groups is 2. The number of carbonyl (C=O) groups excluding carboxylic acids is 2. The number of allylic oxidation sites excluding steroid dienone is 4. The van der Waals surface area contributed by atoms with Crippen molar-refractivity contribution in [2.75, 3.05) is 12.0 Å². The predicted octanol–water partition coefficient (Wildman–Crippen LogP) is 3.49. The molecule has 4 heteroatoms. The van der Waals surface area contributed by atoms with E-state index in [1.807, 2.05) is 0 Å². The maximum Gasteiger partial charge on any atom is 0.238 e. The van der Waals surface area contributed by atoms with Gasteiger partial charge in [0.05, 0.1) is 24.6 Å². The van der Waals surface area contributed by atoms with E-state index in [1.54, 1.807) is 31.4 Å². The highest BCUT2D eigenvalue weighted by atomic mass is 16.5.